The van der Waals surface area contributed by atoms with Gasteiger partial charge in [-0.15, -0.1) is 0 Å². The van der Waals surface area contributed by atoms with Crippen LogP contribution in [-0.2, 0) is 0 Å². The Balaban J connectivity index is 2.67. The number of benzene rings is 1. The van der Waals surface area contributed by atoms with Crippen LogP contribution < -0.4 is 10.6 Å². The number of nitrogens with zero attached hydrogens (tertiary/aromatic N) is 1. The first-order chi connectivity index (χ1) is 8.15. The van der Waals surface area contributed by atoms with Gasteiger partial charge in [-0.2, -0.15) is 0 Å². The van der Waals surface area contributed by atoms with Gasteiger partial charge in [0.15, 0.2) is 0 Å². The van der Waals surface area contributed by atoms with E-state index in [9.17, 15) is 0 Å². The van der Waals surface area contributed by atoms with Gasteiger partial charge in [0.05, 0.1) is 0 Å². The molecule has 1 aromatic rings. The Bertz CT molecular complexity index is 295. The van der Waals surface area contributed by atoms with Gasteiger partial charge in [-0.1, -0.05) is 38.5 Å². The van der Waals surface area contributed by atoms with Crippen molar-refractivity contribution in [3.63, 3.8) is 0 Å². The highest BCUT2D eigenvalue weighted by atomic mass is 15.1. The predicted octanol–water partition coefficient (Wildman–Crippen LogP) is 3.28. The van der Waals surface area contributed by atoms with Gasteiger partial charge in [-0.05, 0) is 31.4 Å². The zero-order valence-corrected chi connectivity index (χ0v) is 11.4. The lowest BCUT2D eigenvalue weighted by Crippen LogP contribution is -2.36. The smallest absolute Gasteiger partial charge is 0.0366 e. The summed E-state index contributed by atoms with van der Waals surface area (Å²) in [5, 5.41) is 0. The fourth-order valence-electron chi connectivity index (χ4n) is 1.83. The summed E-state index contributed by atoms with van der Waals surface area (Å²) in [5.41, 5.74) is 7.28. The van der Waals surface area contributed by atoms with Crippen LogP contribution >= 0.6 is 0 Å². The Hall–Kier alpha value is -1.02. The predicted molar refractivity (Wildman–Crippen MR) is 76.4 cm³/mol. The standard InChI is InChI=1S/C15H26N2/c1-4-5-11-17(12-13(2)14(3)16)15-9-7-6-8-10-15/h6-10,13-14H,4-5,11-12,16H2,1-3H3. The number of hydrogen-bond acceptors (Lipinski definition) is 2. The summed E-state index contributed by atoms with van der Waals surface area (Å²) in [6, 6.07) is 10.9. The summed E-state index contributed by atoms with van der Waals surface area (Å²) >= 11 is 0. The molecule has 0 aliphatic heterocycles. The van der Waals surface area contributed by atoms with Crippen LogP contribution in [0.5, 0.6) is 0 Å². The molecule has 2 nitrogen and oxygen atoms in total. The van der Waals surface area contributed by atoms with Gasteiger partial charge in [0.1, 0.15) is 0 Å². The molecular weight excluding hydrogens is 208 g/mol. The van der Waals surface area contributed by atoms with E-state index in [4.69, 9.17) is 5.73 Å². The van der Waals surface area contributed by atoms with Crippen LogP contribution in [-0.4, -0.2) is 19.1 Å². The van der Waals surface area contributed by atoms with Crippen LogP contribution in [0, 0.1) is 5.92 Å². The van der Waals surface area contributed by atoms with Crippen LogP contribution in [0.2, 0.25) is 0 Å². The van der Waals surface area contributed by atoms with E-state index >= 15 is 0 Å². The molecule has 0 fully saturated rings. The van der Waals surface area contributed by atoms with Gasteiger partial charge >= 0.3 is 0 Å². The van der Waals surface area contributed by atoms with Gasteiger partial charge < -0.3 is 10.6 Å². The van der Waals surface area contributed by atoms with Crippen molar-refractivity contribution in [2.75, 3.05) is 18.0 Å². The average molecular weight is 234 g/mol. The van der Waals surface area contributed by atoms with E-state index in [2.05, 4.69) is 56.0 Å². The van der Waals surface area contributed by atoms with Gasteiger partial charge in [0.2, 0.25) is 0 Å². The summed E-state index contributed by atoms with van der Waals surface area (Å²) in [6.07, 6.45) is 2.47. The van der Waals surface area contributed by atoms with Crippen LogP contribution in [0.15, 0.2) is 30.3 Å². The van der Waals surface area contributed by atoms with Crippen molar-refractivity contribution < 1.29 is 0 Å². The van der Waals surface area contributed by atoms with E-state index in [-0.39, 0.29) is 6.04 Å². The van der Waals surface area contributed by atoms with Crippen LogP contribution in [0.3, 0.4) is 0 Å². The van der Waals surface area contributed by atoms with Crippen LogP contribution in [0.4, 0.5) is 5.69 Å². The van der Waals surface area contributed by atoms with Gasteiger partial charge in [0.25, 0.3) is 0 Å². The number of anilines is 1. The minimum absolute atomic E-state index is 0.253. The molecule has 2 atom stereocenters. The fraction of sp³-hybridized carbons (Fsp3) is 0.600. The first kappa shape index (κ1) is 14.0. The molecule has 1 aromatic carbocycles. The molecule has 0 spiro atoms. The summed E-state index contributed by atoms with van der Waals surface area (Å²) < 4.78 is 0. The van der Waals surface area contributed by atoms with Crippen LogP contribution in [0.1, 0.15) is 33.6 Å². The highest BCUT2D eigenvalue weighted by Gasteiger charge is 2.13. The molecule has 2 N–H and O–H groups in total. The zero-order chi connectivity index (χ0) is 12.7. The topological polar surface area (TPSA) is 29.3 Å². The van der Waals surface area contributed by atoms with Crippen molar-refractivity contribution in [1.82, 2.24) is 0 Å². The lowest BCUT2D eigenvalue weighted by Gasteiger charge is -2.29. The normalized spacial score (nSPS) is 14.4. The molecule has 0 aromatic heterocycles. The van der Waals surface area contributed by atoms with E-state index in [1.54, 1.807) is 0 Å². The Labute approximate surface area is 106 Å². The average Bonchev–Trinajstić information content (AvgIpc) is 2.35. The number of nitrogens with two attached hydrogens (primary N) is 1. The zero-order valence-electron chi connectivity index (χ0n) is 11.4. The second kappa shape index (κ2) is 7.33. The molecule has 2 heteroatoms. The SMILES string of the molecule is CCCCN(CC(C)C(C)N)c1ccccc1. The second-order valence-electron chi connectivity index (χ2n) is 4.97. The summed E-state index contributed by atoms with van der Waals surface area (Å²) in [5.74, 6) is 0.520. The monoisotopic (exact) mass is 234 g/mol. The van der Waals surface area contributed by atoms with E-state index in [0.717, 1.165) is 13.1 Å². The van der Waals surface area contributed by atoms with E-state index in [0.29, 0.717) is 5.92 Å². The van der Waals surface area contributed by atoms with E-state index in [1.807, 2.05) is 0 Å². The van der Waals surface area contributed by atoms with Crippen LogP contribution in [0.25, 0.3) is 0 Å². The van der Waals surface area contributed by atoms with Crippen molar-refractivity contribution in [2.45, 2.75) is 39.7 Å². The third kappa shape index (κ3) is 4.78. The second-order valence-corrected chi connectivity index (χ2v) is 4.97. The van der Waals surface area contributed by atoms with Gasteiger partial charge in [-0.25, -0.2) is 0 Å². The Kier molecular flexibility index (Phi) is 6.06. The Morgan fingerprint density at radius 2 is 1.82 bits per heavy atom. The largest absolute Gasteiger partial charge is 0.371 e. The van der Waals surface area contributed by atoms with Crippen molar-refractivity contribution in [3.8, 4) is 0 Å². The van der Waals surface area contributed by atoms with Crippen molar-refractivity contribution >= 4 is 5.69 Å². The molecule has 0 aliphatic carbocycles. The molecule has 0 saturated carbocycles. The first-order valence-electron chi connectivity index (χ1n) is 6.70. The van der Waals surface area contributed by atoms with Crippen molar-refractivity contribution in [1.29, 1.82) is 0 Å². The fourth-order valence-corrected chi connectivity index (χ4v) is 1.83. The molecule has 0 saturated heterocycles. The Morgan fingerprint density at radius 1 is 1.18 bits per heavy atom. The first-order valence-corrected chi connectivity index (χ1v) is 6.70. The molecular formula is C15H26N2. The summed E-state index contributed by atoms with van der Waals surface area (Å²) in [7, 11) is 0. The maximum Gasteiger partial charge on any atom is 0.0366 e. The van der Waals surface area contributed by atoms with E-state index < -0.39 is 0 Å². The number of hydrogen-bond donors (Lipinski definition) is 1. The molecule has 0 aliphatic rings. The highest BCUT2D eigenvalue weighted by Crippen LogP contribution is 2.16. The van der Waals surface area contributed by atoms with Crippen molar-refractivity contribution in [3.05, 3.63) is 30.3 Å². The van der Waals surface area contributed by atoms with Gasteiger partial charge in [-0.3, -0.25) is 0 Å². The third-order valence-corrected chi connectivity index (χ3v) is 3.31. The number of rotatable bonds is 7. The summed E-state index contributed by atoms with van der Waals surface area (Å²) in [6.45, 7) is 8.72. The lowest BCUT2D eigenvalue weighted by atomic mass is 10.0. The molecule has 0 radical (unpaired) electrons. The van der Waals surface area contributed by atoms with E-state index in [1.165, 1.54) is 18.5 Å². The molecule has 0 amide bonds. The van der Waals surface area contributed by atoms with Crippen molar-refractivity contribution in [2.24, 2.45) is 11.7 Å². The molecule has 0 bridgehead atoms. The molecule has 2 unspecified atom stereocenters. The van der Waals surface area contributed by atoms with Gasteiger partial charge in [0, 0.05) is 24.8 Å². The minimum Gasteiger partial charge on any atom is -0.371 e. The molecule has 1 rings (SSSR count). The molecule has 96 valence electrons. The lowest BCUT2D eigenvalue weighted by molar-refractivity contribution is 0.473. The summed E-state index contributed by atoms with van der Waals surface area (Å²) in [4.78, 5) is 2.46. The maximum atomic E-state index is 5.96. The number of unbranched alkanes of at least 4 members (excludes halogenated alkanes) is 1. The Morgan fingerprint density at radius 3 is 2.35 bits per heavy atom. The quantitative estimate of drug-likeness (QED) is 0.784. The maximum absolute atomic E-state index is 5.96. The minimum atomic E-state index is 0.253. The number of para-hydroxylation sites is 1. The highest BCUT2D eigenvalue weighted by molar-refractivity contribution is 5.45. The third-order valence-electron chi connectivity index (χ3n) is 3.31. The molecule has 17 heavy (non-hydrogen) atoms. The molecule has 0 heterocycles.